The minimum Gasteiger partial charge on any atom is -0.481 e. The molecule has 0 saturated heterocycles. The molecule has 0 aliphatic heterocycles. The highest BCUT2D eigenvalue weighted by Crippen LogP contribution is 2.42. The number of hydrogen-bond donors (Lipinski definition) is 1. The Kier molecular flexibility index (Phi) is 3.85. The molecule has 0 heterocycles. The molecule has 1 aromatic rings. The average Bonchev–Trinajstić information content (AvgIpc) is 2.42. The fraction of sp³-hybridized carbons (Fsp3) is 0.438. The normalized spacial score (nSPS) is 22.4. The van der Waals surface area contributed by atoms with Gasteiger partial charge in [0.1, 0.15) is 0 Å². The predicted molar refractivity (Wildman–Crippen MR) is 72.5 cm³/mol. The van der Waals surface area contributed by atoms with Crippen molar-refractivity contribution in [3.63, 3.8) is 0 Å². The molecule has 0 spiro atoms. The minimum absolute atomic E-state index is 0.201. The SMILES string of the molecule is CCC(C(=O)O)(c1ccccc1)C1CC=CCC1. The summed E-state index contributed by atoms with van der Waals surface area (Å²) in [6.07, 6.45) is 7.76. The number of carbonyl (C=O) groups is 1. The molecule has 2 atom stereocenters. The van der Waals surface area contributed by atoms with Gasteiger partial charge in [0.15, 0.2) is 0 Å². The van der Waals surface area contributed by atoms with Gasteiger partial charge in [-0.15, -0.1) is 0 Å². The standard InChI is InChI=1S/C16H20O2/c1-2-16(15(17)18,13-9-5-3-6-10-13)14-11-7-4-8-12-14/h3-7,9-10,14H,2,8,11-12H2,1H3,(H,17,18). The lowest BCUT2D eigenvalue weighted by Gasteiger charge is -2.38. The third-order valence-corrected chi connectivity index (χ3v) is 4.19. The summed E-state index contributed by atoms with van der Waals surface area (Å²) in [5, 5.41) is 9.81. The first-order valence-corrected chi connectivity index (χ1v) is 6.65. The second kappa shape index (κ2) is 5.38. The second-order valence-electron chi connectivity index (χ2n) is 4.98. The Morgan fingerprint density at radius 1 is 1.33 bits per heavy atom. The van der Waals surface area contributed by atoms with E-state index in [-0.39, 0.29) is 5.92 Å². The van der Waals surface area contributed by atoms with E-state index in [0.717, 1.165) is 24.8 Å². The van der Waals surface area contributed by atoms with E-state index in [1.807, 2.05) is 37.3 Å². The van der Waals surface area contributed by atoms with Gasteiger partial charge in [0.25, 0.3) is 0 Å². The van der Waals surface area contributed by atoms with Gasteiger partial charge in [-0.3, -0.25) is 4.79 Å². The van der Waals surface area contributed by atoms with Crippen LogP contribution < -0.4 is 0 Å². The second-order valence-corrected chi connectivity index (χ2v) is 4.98. The molecule has 1 aliphatic carbocycles. The molecule has 2 unspecified atom stereocenters. The molecule has 0 aromatic heterocycles. The summed E-state index contributed by atoms with van der Waals surface area (Å²) in [5.74, 6) is -0.482. The first-order chi connectivity index (χ1) is 8.71. The summed E-state index contributed by atoms with van der Waals surface area (Å²) in [6, 6.07) is 9.71. The zero-order valence-corrected chi connectivity index (χ0v) is 10.8. The van der Waals surface area contributed by atoms with E-state index >= 15 is 0 Å². The maximum atomic E-state index is 11.9. The number of hydrogen-bond acceptors (Lipinski definition) is 1. The summed E-state index contributed by atoms with van der Waals surface area (Å²) >= 11 is 0. The van der Waals surface area contributed by atoms with Gasteiger partial charge < -0.3 is 5.11 Å². The molecule has 2 rings (SSSR count). The molecule has 1 aromatic carbocycles. The molecular formula is C16H20O2. The van der Waals surface area contributed by atoms with E-state index in [9.17, 15) is 9.90 Å². The lowest BCUT2D eigenvalue weighted by Crippen LogP contribution is -2.43. The number of aliphatic carboxylic acids is 1. The van der Waals surface area contributed by atoms with E-state index in [1.54, 1.807) is 0 Å². The van der Waals surface area contributed by atoms with E-state index in [4.69, 9.17) is 0 Å². The largest absolute Gasteiger partial charge is 0.481 e. The van der Waals surface area contributed by atoms with Gasteiger partial charge in [-0.25, -0.2) is 0 Å². The van der Waals surface area contributed by atoms with E-state index in [2.05, 4.69) is 12.2 Å². The fourth-order valence-corrected chi connectivity index (χ4v) is 3.15. The predicted octanol–water partition coefficient (Wildman–Crippen LogP) is 3.78. The highest BCUT2D eigenvalue weighted by molar-refractivity contribution is 5.82. The molecule has 0 fully saturated rings. The Morgan fingerprint density at radius 3 is 2.56 bits per heavy atom. The van der Waals surface area contributed by atoms with Crippen LogP contribution >= 0.6 is 0 Å². The molecular weight excluding hydrogens is 224 g/mol. The van der Waals surface area contributed by atoms with Crippen molar-refractivity contribution in [3.05, 3.63) is 48.0 Å². The van der Waals surface area contributed by atoms with Gasteiger partial charge in [0.2, 0.25) is 0 Å². The number of benzene rings is 1. The maximum Gasteiger partial charge on any atom is 0.314 e. The Hall–Kier alpha value is -1.57. The number of allylic oxidation sites excluding steroid dienone is 2. The first-order valence-electron chi connectivity index (χ1n) is 6.65. The van der Waals surface area contributed by atoms with Crippen molar-refractivity contribution in [1.82, 2.24) is 0 Å². The molecule has 0 radical (unpaired) electrons. The van der Waals surface area contributed by atoms with Crippen LogP contribution in [0, 0.1) is 5.92 Å². The fourth-order valence-electron chi connectivity index (χ4n) is 3.15. The summed E-state index contributed by atoms with van der Waals surface area (Å²) in [7, 11) is 0. The van der Waals surface area contributed by atoms with Crippen LogP contribution in [0.2, 0.25) is 0 Å². The Morgan fingerprint density at radius 2 is 2.06 bits per heavy atom. The average molecular weight is 244 g/mol. The van der Waals surface area contributed by atoms with Gasteiger partial charge in [0, 0.05) is 0 Å². The van der Waals surface area contributed by atoms with Gasteiger partial charge >= 0.3 is 5.97 Å². The van der Waals surface area contributed by atoms with Crippen molar-refractivity contribution >= 4 is 5.97 Å². The summed E-state index contributed by atoms with van der Waals surface area (Å²) in [5.41, 5.74) is 0.215. The quantitative estimate of drug-likeness (QED) is 0.818. The summed E-state index contributed by atoms with van der Waals surface area (Å²) < 4.78 is 0. The van der Waals surface area contributed by atoms with Crippen LogP contribution in [0.15, 0.2) is 42.5 Å². The number of carboxylic acid groups (broad SMARTS) is 1. The van der Waals surface area contributed by atoms with Crippen molar-refractivity contribution in [2.75, 3.05) is 0 Å². The summed E-state index contributed by atoms with van der Waals surface area (Å²) in [4.78, 5) is 11.9. The molecule has 1 aliphatic rings. The Balaban J connectivity index is 2.46. The van der Waals surface area contributed by atoms with E-state index in [1.165, 1.54) is 0 Å². The molecule has 18 heavy (non-hydrogen) atoms. The van der Waals surface area contributed by atoms with Gasteiger partial charge in [0.05, 0.1) is 5.41 Å². The highest BCUT2D eigenvalue weighted by atomic mass is 16.4. The van der Waals surface area contributed by atoms with Crippen LogP contribution in [0.5, 0.6) is 0 Å². The Labute approximate surface area is 108 Å². The third kappa shape index (κ3) is 2.07. The zero-order chi connectivity index (χ0) is 13.0. The number of rotatable bonds is 4. The van der Waals surface area contributed by atoms with Crippen molar-refractivity contribution < 1.29 is 9.90 Å². The molecule has 0 saturated carbocycles. The van der Waals surface area contributed by atoms with Crippen LogP contribution in [-0.4, -0.2) is 11.1 Å². The lowest BCUT2D eigenvalue weighted by molar-refractivity contribution is -0.146. The molecule has 0 amide bonds. The Bertz CT molecular complexity index is 436. The van der Waals surface area contributed by atoms with Gasteiger partial charge in [-0.2, -0.15) is 0 Å². The zero-order valence-electron chi connectivity index (χ0n) is 10.8. The topological polar surface area (TPSA) is 37.3 Å². The molecule has 96 valence electrons. The third-order valence-electron chi connectivity index (χ3n) is 4.19. The molecule has 2 nitrogen and oxygen atoms in total. The molecule has 2 heteroatoms. The smallest absolute Gasteiger partial charge is 0.314 e. The van der Waals surface area contributed by atoms with Crippen molar-refractivity contribution in [3.8, 4) is 0 Å². The van der Waals surface area contributed by atoms with Crippen LogP contribution in [-0.2, 0) is 10.2 Å². The molecule has 1 N–H and O–H groups in total. The van der Waals surface area contributed by atoms with Gasteiger partial charge in [-0.05, 0) is 37.2 Å². The van der Waals surface area contributed by atoms with Crippen LogP contribution in [0.3, 0.4) is 0 Å². The minimum atomic E-state index is -0.730. The summed E-state index contributed by atoms with van der Waals surface area (Å²) in [6.45, 7) is 1.99. The monoisotopic (exact) mass is 244 g/mol. The van der Waals surface area contributed by atoms with Crippen LogP contribution in [0.1, 0.15) is 38.2 Å². The number of carboxylic acids is 1. The first kappa shape index (κ1) is 12.9. The highest BCUT2D eigenvalue weighted by Gasteiger charge is 2.45. The van der Waals surface area contributed by atoms with Crippen LogP contribution in [0.25, 0.3) is 0 Å². The molecule has 0 bridgehead atoms. The van der Waals surface area contributed by atoms with Crippen molar-refractivity contribution in [2.24, 2.45) is 5.92 Å². The van der Waals surface area contributed by atoms with E-state index in [0.29, 0.717) is 6.42 Å². The van der Waals surface area contributed by atoms with Crippen molar-refractivity contribution in [1.29, 1.82) is 0 Å². The maximum absolute atomic E-state index is 11.9. The van der Waals surface area contributed by atoms with Crippen LogP contribution in [0.4, 0.5) is 0 Å². The van der Waals surface area contributed by atoms with Gasteiger partial charge in [-0.1, -0.05) is 49.4 Å². The van der Waals surface area contributed by atoms with Crippen molar-refractivity contribution in [2.45, 2.75) is 38.0 Å². The lowest BCUT2D eigenvalue weighted by atomic mass is 9.64. The van der Waals surface area contributed by atoms with E-state index < -0.39 is 11.4 Å².